The average Bonchev–Trinajstić information content (AvgIpc) is 2.78. The van der Waals surface area contributed by atoms with Crippen molar-refractivity contribution in [1.29, 1.82) is 0 Å². The van der Waals surface area contributed by atoms with Gasteiger partial charge in [0.2, 0.25) is 0 Å². The number of nitrogens with one attached hydrogen (secondary N) is 1. The third kappa shape index (κ3) is 3.86. The predicted molar refractivity (Wildman–Crippen MR) is 109 cm³/mol. The van der Waals surface area contributed by atoms with E-state index in [0.717, 1.165) is 16.6 Å². The maximum absolute atomic E-state index is 14.0. The number of carbonyl (C=O) groups is 1. The number of anilines is 1. The first-order valence-electron chi connectivity index (χ1n) is 9.56. The monoisotopic (exact) mass is 409 g/mol. The number of rotatable bonds is 4. The number of piperazine rings is 1. The molecule has 0 spiro atoms. The molecule has 2 aromatic heterocycles. The van der Waals surface area contributed by atoms with Gasteiger partial charge in [-0.05, 0) is 18.2 Å². The van der Waals surface area contributed by atoms with Gasteiger partial charge in [0, 0.05) is 44.1 Å². The summed E-state index contributed by atoms with van der Waals surface area (Å²) in [7, 11) is 0. The second-order valence-corrected chi connectivity index (χ2v) is 6.96. The Morgan fingerprint density at radius 2 is 1.77 bits per heavy atom. The predicted octanol–water partition coefficient (Wildman–Crippen LogP) is 1.08. The summed E-state index contributed by atoms with van der Waals surface area (Å²) < 4.78 is 14.8. The molecule has 0 atom stereocenters. The van der Waals surface area contributed by atoms with E-state index in [0.29, 0.717) is 26.2 Å². The van der Waals surface area contributed by atoms with E-state index in [-0.39, 0.29) is 17.7 Å². The molecule has 1 amide bonds. The van der Waals surface area contributed by atoms with Crippen LogP contribution >= 0.6 is 0 Å². The normalized spacial score (nSPS) is 14.0. The van der Waals surface area contributed by atoms with Gasteiger partial charge in [0.05, 0.1) is 6.54 Å². The first-order chi connectivity index (χ1) is 14.5. The van der Waals surface area contributed by atoms with E-state index >= 15 is 0 Å². The van der Waals surface area contributed by atoms with Gasteiger partial charge in [0.25, 0.3) is 11.5 Å². The number of H-pyrrole nitrogens is 1. The lowest BCUT2D eigenvalue weighted by molar-refractivity contribution is 0.0743. The Kier molecular flexibility index (Phi) is 5.42. The molecule has 1 N–H and O–H groups in total. The van der Waals surface area contributed by atoms with Crippen LogP contribution in [0.2, 0.25) is 0 Å². The van der Waals surface area contributed by atoms with Crippen molar-refractivity contribution < 1.29 is 9.18 Å². The lowest BCUT2D eigenvalue weighted by Crippen LogP contribution is -2.50. The summed E-state index contributed by atoms with van der Waals surface area (Å²) >= 11 is 0. The van der Waals surface area contributed by atoms with Gasteiger partial charge in [-0.25, -0.2) is 14.2 Å². The van der Waals surface area contributed by atoms with Gasteiger partial charge >= 0.3 is 5.69 Å². The second kappa shape index (κ2) is 8.32. The van der Waals surface area contributed by atoms with E-state index < -0.39 is 23.0 Å². The lowest BCUT2D eigenvalue weighted by atomic mass is 10.2. The van der Waals surface area contributed by atoms with Crippen LogP contribution in [0.5, 0.6) is 0 Å². The fraction of sp³-hybridized carbons (Fsp3) is 0.238. The van der Waals surface area contributed by atoms with Crippen LogP contribution in [0.15, 0.2) is 64.4 Å². The van der Waals surface area contributed by atoms with Crippen LogP contribution in [0.1, 0.15) is 15.9 Å². The van der Waals surface area contributed by atoms with E-state index in [1.54, 1.807) is 17.2 Å². The van der Waals surface area contributed by atoms with Gasteiger partial charge in [-0.1, -0.05) is 24.3 Å². The topological polar surface area (TPSA) is 91.3 Å². The Morgan fingerprint density at radius 3 is 2.47 bits per heavy atom. The van der Waals surface area contributed by atoms with Gasteiger partial charge in [0.1, 0.15) is 17.2 Å². The molecule has 0 aliphatic carbocycles. The zero-order chi connectivity index (χ0) is 21.1. The molecule has 1 aliphatic heterocycles. The van der Waals surface area contributed by atoms with Crippen molar-refractivity contribution in [3.05, 3.63) is 92.6 Å². The highest BCUT2D eigenvalue weighted by atomic mass is 19.1. The second-order valence-electron chi connectivity index (χ2n) is 6.96. The van der Waals surface area contributed by atoms with Gasteiger partial charge in [-0.3, -0.25) is 14.2 Å². The lowest BCUT2D eigenvalue weighted by Gasteiger charge is -2.35. The molecular weight excluding hydrogens is 389 g/mol. The molecule has 0 saturated carbocycles. The van der Waals surface area contributed by atoms with Crippen LogP contribution in [-0.2, 0) is 6.54 Å². The molecule has 3 heterocycles. The van der Waals surface area contributed by atoms with Crippen molar-refractivity contribution in [3.63, 3.8) is 0 Å². The molecule has 0 bridgehead atoms. The van der Waals surface area contributed by atoms with E-state index in [2.05, 4.69) is 14.9 Å². The highest BCUT2D eigenvalue weighted by Crippen LogP contribution is 2.13. The minimum atomic E-state index is -0.737. The number of hydrogen-bond acceptors (Lipinski definition) is 5. The molecule has 0 radical (unpaired) electrons. The van der Waals surface area contributed by atoms with E-state index in [1.165, 1.54) is 18.2 Å². The molecule has 1 aromatic carbocycles. The molecule has 30 heavy (non-hydrogen) atoms. The molecule has 1 saturated heterocycles. The van der Waals surface area contributed by atoms with Crippen molar-refractivity contribution in [2.24, 2.45) is 0 Å². The zero-order valence-electron chi connectivity index (χ0n) is 16.1. The number of pyridine rings is 1. The first kappa shape index (κ1) is 19.6. The molecule has 3 aromatic rings. The van der Waals surface area contributed by atoms with Crippen LogP contribution in [0.4, 0.5) is 10.2 Å². The van der Waals surface area contributed by atoms with Crippen molar-refractivity contribution >= 4 is 11.7 Å². The van der Waals surface area contributed by atoms with E-state index in [9.17, 15) is 18.8 Å². The molecule has 1 aliphatic rings. The SMILES string of the molecule is O=C(c1c[nH]c(=O)n(Cc2ccccc2F)c1=O)N1CCN(c2ccccn2)CC1. The number of amides is 1. The van der Waals surface area contributed by atoms with Crippen LogP contribution < -0.4 is 16.1 Å². The molecule has 9 heteroatoms. The summed E-state index contributed by atoms with van der Waals surface area (Å²) in [6.45, 7) is 1.74. The minimum Gasteiger partial charge on any atom is -0.353 e. The number of aromatic nitrogens is 3. The number of aromatic amines is 1. The largest absolute Gasteiger partial charge is 0.353 e. The Hall–Kier alpha value is -3.75. The molecule has 8 nitrogen and oxygen atoms in total. The third-order valence-electron chi connectivity index (χ3n) is 5.12. The Morgan fingerprint density at radius 1 is 1.03 bits per heavy atom. The highest BCUT2D eigenvalue weighted by Gasteiger charge is 2.25. The maximum Gasteiger partial charge on any atom is 0.328 e. The zero-order valence-corrected chi connectivity index (χ0v) is 16.1. The van der Waals surface area contributed by atoms with Gasteiger partial charge in [-0.2, -0.15) is 0 Å². The van der Waals surface area contributed by atoms with Crippen molar-refractivity contribution in [2.75, 3.05) is 31.1 Å². The van der Waals surface area contributed by atoms with Crippen LogP contribution in [0.3, 0.4) is 0 Å². The minimum absolute atomic E-state index is 0.141. The molecule has 0 unspecified atom stereocenters. The van der Waals surface area contributed by atoms with Crippen molar-refractivity contribution in [3.8, 4) is 0 Å². The van der Waals surface area contributed by atoms with Crippen LogP contribution in [0, 0.1) is 5.82 Å². The number of carbonyl (C=O) groups excluding carboxylic acids is 1. The van der Waals surface area contributed by atoms with Gasteiger partial charge in [0.15, 0.2) is 0 Å². The van der Waals surface area contributed by atoms with E-state index in [4.69, 9.17) is 0 Å². The Balaban J connectivity index is 1.53. The van der Waals surface area contributed by atoms with Gasteiger partial charge in [-0.15, -0.1) is 0 Å². The number of benzene rings is 1. The van der Waals surface area contributed by atoms with E-state index in [1.807, 2.05) is 18.2 Å². The third-order valence-corrected chi connectivity index (χ3v) is 5.12. The number of nitrogens with zero attached hydrogens (tertiary/aromatic N) is 4. The fourth-order valence-corrected chi connectivity index (χ4v) is 3.45. The molecular formula is C21H20FN5O3. The summed E-state index contributed by atoms with van der Waals surface area (Å²) in [4.78, 5) is 48.3. The van der Waals surface area contributed by atoms with Crippen molar-refractivity contribution in [2.45, 2.75) is 6.54 Å². The summed E-state index contributed by atoms with van der Waals surface area (Å²) in [6, 6.07) is 11.5. The fourth-order valence-electron chi connectivity index (χ4n) is 3.45. The van der Waals surface area contributed by atoms with Crippen molar-refractivity contribution in [1.82, 2.24) is 19.4 Å². The standard InChI is InChI=1S/C21H20FN5O3/c22-17-6-2-1-5-15(17)14-27-20(29)16(13-24-21(27)30)19(28)26-11-9-25(10-12-26)18-7-3-4-8-23-18/h1-8,13H,9-12,14H2,(H,24,30). The first-order valence-corrected chi connectivity index (χ1v) is 9.56. The highest BCUT2D eigenvalue weighted by molar-refractivity contribution is 5.93. The average molecular weight is 409 g/mol. The Labute approximate surface area is 171 Å². The summed E-state index contributed by atoms with van der Waals surface area (Å²) in [5.41, 5.74) is -1.38. The molecule has 4 rings (SSSR count). The summed E-state index contributed by atoms with van der Waals surface area (Å²) in [5, 5.41) is 0. The quantitative estimate of drug-likeness (QED) is 0.696. The number of halogens is 1. The Bertz CT molecular complexity index is 1170. The smallest absolute Gasteiger partial charge is 0.328 e. The summed E-state index contributed by atoms with van der Waals surface area (Å²) in [5.74, 6) is -0.147. The number of hydrogen-bond donors (Lipinski definition) is 1. The maximum atomic E-state index is 14.0. The van der Waals surface area contributed by atoms with Gasteiger partial charge < -0.3 is 14.8 Å². The molecule has 154 valence electrons. The van der Waals surface area contributed by atoms with Crippen LogP contribution in [-0.4, -0.2) is 51.5 Å². The summed E-state index contributed by atoms with van der Waals surface area (Å²) in [6.07, 6.45) is 2.85. The van der Waals surface area contributed by atoms with Crippen LogP contribution in [0.25, 0.3) is 0 Å². The molecule has 1 fully saturated rings.